The first-order chi connectivity index (χ1) is 8.65. The topological polar surface area (TPSA) is 63.6 Å². The lowest BCUT2D eigenvalue weighted by Crippen LogP contribution is -2.13. The van der Waals surface area contributed by atoms with Gasteiger partial charge in [0.15, 0.2) is 0 Å². The van der Waals surface area contributed by atoms with E-state index in [1.54, 1.807) is 19.5 Å². The van der Waals surface area contributed by atoms with Crippen LogP contribution in [0, 0.1) is 5.92 Å². The summed E-state index contributed by atoms with van der Waals surface area (Å²) in [7, 11) is 1.70. The quantitative estimate of drug-likeness (QED) is 0.833. The normalized spacial score (nSPS) is 19.8. The van der Waals surface area contributed by atoms with Crippen LogP contribution in [0.2, 0.25) is 0 Å². The van der Waals surface area contributed by atoms with Crippen molar-refractivity contribution in [3.05, 3.63) is 29.7 Å². The van der Waals surface area contributed by atoms with Crippen LogP contribution in [0.1, 0.15) is 18.2 Å². The third-order valence-corrected chi connectivity index (χ3v) is 3.32. The Labute approximate surface area is 111 Å². The molecule has 0 saturated carbocycles. The van der Waals surface area contributed by atoms with E-state index in [0.29, 0.717) is 5.17 Å². The first-order valence-electron chi connectivity index (χ1n) is 5.73. The van der Waals surface area contributed by atoms with Gasteiger partial charge >= 0.3 is 0 Å². The van der Waals surface area contributed by atoms with Crippen LogP contribution in [0.3, 0.4) is 0 Å². The van der Waals surface area contributed by atoms with Gasteiger partial charge in [0.05, 0.1) is 11.4 Å². The molecule has 1 atom stereocenters. The van der Waals surface area contributed by atoms with Crippen molar-refractivity contribution in [3.63, 3.8) is 0 Å². The molecule has 2 heterocycles. The summed E-state index contributed by atoms with van der Waals surface area (Å²) in [4.78, 5) is 12.8. The fourth-order valence-corrected chi connectivity index (χ4v) is 2.01. The molecule has 0 saturated heterocycles. The van der Waals surface area contributed by atoms with Crippen LogP contribution in [0.4, 0.5) is 5.69 Å². The molecule has 4 nitrogen and oxygen atoms in total. The van der Waals surface area contributed by atoms with Crippen molar-refractivity contribution in [3.8, 4) is 0 Å². The Morgan fingerprint density at radius 3 is 3.06 bits per heavy atom. The van der Waals surface area contributed by atoms with Gasteiger partial charge in [0.2, 0.25) is 0 Å². The maximum Gasteiger partial charge on any atom is 0.110 e. The molecule has 2 rings (SSSR count). The molecular weight excluding hydrogens is 248 g/mol. The Morgan fingerprint density at radius 1 is 1.61 bits per heavy atom. The molecule has 1 aliphatic rings. The van der Waals surface area contributed by atoms with Crippen molar-refractivity contribution in [1.29, 1.82) is 0 Å². The molecule has 0 bridgehead atoms. The van der Waals surface area contributed by atoms with Crippen LogP contribution in [0.25, 0.3) is 5.57 Å². The van der Waals surface area contributed by atoms with Gasteiger partial charge in [0.25, 0.3) is 0 Å². The van der Waals surface area contributed by atoms with E-state index in [9.17, 15) is 0 Å². The number of aromatic nitrogens is 1. The number of hydrogen-bond acceptors (Lipinski definition) is 4. The Morgan fingerprint density at radius 2 is 2.39 bits per heavy atom. The number of rotatable bonds is 2. The predicted octanol–water partition coefficient (Wildman–Crippen LogP) is 2.54. The zero-order valence-corrected chi connectivity index (χ0v) is 11.1. The van der Waals surface area contributed by atoms with E-state index in [1.807, 2.05) is 13.0 Å². The van der Waals surface area contributed by atoms with Gasteiger partial charge in [-0.3, -0.25) is 9.98 Å². The van der Waals surface area contributed by atoms with Crippen LogP contribution < -0.4 is 5.73 Å². The van der Waals surface area contributed by atoms with E-state index >= 15 is 0 Å². The maximum atomic E-state index is 6.08. The number of halogens is 1. The van der Waals surface area contributed by atoms with Crippen LogP contribution >= 0.6 is 11.6 Å². The zero-order valence-electron chi connectivity index (χ0n) is 10.4. The predicted molar refractivity (Wildman–Crippen MR) is 76.6 cm³/mol. The summed E-state index contributed by atoms with van der Waals surface area (Å²) in [5.41, 5.74) is 9.08. The third kappa shape index (κ3) is 2.43. The summed E-state index contributed by atoms with van der Waals surface area (Å²) in [6.07, 6.45) is 5.81. The van der Waals surface area contributed by atoms with Crippen LogP contribution in [-0.2, 0) is 6.42 Å². The number of hydrogen-bond donors (Lipinski definition) is 1. The number of nitrogens with zero attached hydrogens (tertiary/aromatic N) is 3. The summed E-state index contributed by atoms with van der Waals surface area (Å²) in [6.45, 7) is 2.04. The molecule has 1 aromatic heterocycles. The average molecular weight is 263 g/mol. The van der Waals surface area contributed by atoms with E-state index in [1.165, 1.54) is 6.20 Å². The number of allylic oxidation sites excluding steroid dienone is 1. The molecule has 0 aliphatic carbocycles. The van der Waals surface area contributed by atoms with E-state index in [0.717, 1.165) is 28.9 Å². The Balaban J connectivity index is 2.44. The Bertz CT molecular complexity index is 546. The van der Waals surface area contributed by atoms with Crippen molar-refractivity contribution in [2.45, 2.75) is 13.3 Å². The third-order valence-electron chi connectivity index (χ3n) is 2.86. The van der Waals surface area contributed by atoms with Crippen LogP contribution in [0.5, 0.6) is 0 Å². The summed E-state index contributed by atoms with van der Waals surface area (Å²) in [5.74, 6) is 0.235. The summed E-state index contributed by atoms with van der Waals surface area (Å²) in [5, 5.41) is 0.629. The Hall–Kier alpha value is -1.68. The lowest BCUT2D eigenvalue weighted by Gasteiger charge is -2.17. The molecule has 5 heteroatoms. The van der Waals surface area contributed by atoms with Gasteiger partial charge < -0.3 is 5.73 Å². The Kier molecular flexibility index (Phi) is 3.77. The van der Waals surface area contributed by atoms with E-state index in [-0.39, 0.29) is 5.92 Å². The second kappa shape index (κ2) is 5.31. The molecule has 0 spiro atoms. The number of fused-ring (bicyclic) bond motifs is 1. The van der Waals surface area contributed by atoms with Crippen molar-refractivity contribution >= 4 is 34.2 Å². The highest BCUT2D eigenvalue weighted by Crippen LogP contribution is 2.30. The van der Waals surface area contributed by atoms with Gasteiger partial charge in [-0.05, 0) is 6.07 Å². The minimum absolute atomic E-state index is 0.235. The zero-order chi connectivity index (χ0) is 13.1. The second-order valence-electron chi connectivity index (χ2n) is 4.24. The summed E-state index contributed by atoms with van der Waals surface area (Å²) in [6, 6.07) is 1.94. The van der Waals surface area contributed by atoms with Crippen molar-refractivity contribution < 1.29 is 0 Å². The molecule has 0 amide bonds. The minimum atomic E-state index is 0.235. The fraction of sp³-hybridized carbons (Fsp3) is 0.308. The van der Waals surface area contributed by atoms with Gasteiger partial charge in [-0.2, -0.15) is 0 Å². The van der Waals surface area contributed by atoms with E-state index in [4.69, 9.17) is 17.3 Å². The molecule has 94 valence electrons. The van der Waals surface area contributed by atoms with Crippen molar-refractivity contribution in [2.24, 2.45) is 21.6 Å². The molecule has 0 radical (unpaired) electrons. The standard InChI is InChI=1S/C13H15ClN4/c1-8-3-11-12(18-13(8)14)4-9(7-17-11)10(5-15)6-16-2/h4-8H,3,15H2,1-2H3. The highest BCUT2D eigenvalue weighted by molar-refractivity contribution is 6.66. The van der Waals surface area contributed by atoms with Gasteiger partial charge in [-0.25, -0.2) is 4.99 Å². The smallest absolute Gasteiger partial charge is 0.110 e. The number of pyridine rings is 1. The van der Waals surface area contributed by atoms with Crippen LogP contribution in [-0.4, -0.2) is 23.4 Å². The maximum absolute atomic E-state index is 6.08. The van der Waals surface area contributed by atoms with Crippen LogP contribution in [0.15, 0.2) is 28.4 Å². The van der Waals surface area contributed by atoms with Crippen molar-refractivity contribution in [2.75, 3.05) is 7.05 Å². The fourth-order valence-electron chi connectivity index (χ4n) is 1.85. The molecule has 0 aromatic carbocycles. The molecular formula is C13H15ClN4. The monoisotopic (exact) mass is 262 g/mol. The van der Waals surface area contributed by atoms with E-state index < -0.39 is 0 Å². The molecule has 0 fully saturated rings. The van der Waals surface area contributed by atoms with Gasteiger partial charge in [-0.1, -0.05) is 18.5 Å². The van der Waals surface area contributed by atoms with Gasteiger partial charge in [0.1, 0.15) is 5.17 Å². The van der Waals surface area contributed by atoms with Gasteiger partial charge in [0, 0.05) is 49.1 Å². The van der Waals surface area contributed by atoms with Crippen molar-refractivity contribution in [1.82, 2.24) is 4.98 Å². The number of nitrogens with two attached hydrogens (primary N) is 1. The summed E-state index contributed by atoms with van der Waals surface area (Å²) >= 11 is 6.08. The highest BCUT2D eigenvalue weighted by Gasteiger charge is 2.19. The molecule has 1 unspecified atom stereocenters. The molecule has 18 heavy (non-hydrogen) atoms. The molecule has 1 aromatic rings. The lowest BCUT2D eigenvalue weighted by atomic mass is 10.0. The summed E-state index contributed by atoms with van der Waals surface area (Å²) < 4.78 is 0. The van der Waals surface area contributed by atoms with Gasteiger partial charge in [-0.15, -0.1) is 0 Å². The second-order valence-corrected chi connectivity index (χ2v) is 4.63. The first kappa shape index (κ1) is 12.8. The highest BCUT2D eigenvalue weighted by atomic mass is 35.5. The molecule has 1 aliphatic heterocycles. The lowest BCUT2D eigenvalue weighted by molar-refractivity contribution is 0.743. The average Bonchev–Trinajstić information content (AvgIpc) is 2.37. The SMILES string of the molecule is CN=CC(=CN)c1cnc2c(c1)N=C(Cl)C(C)C2. The minimum Gasteiger partial charge on any atom is -0.404 e. The first-order valence-corrected chi connectivity index (χ1v) is 6.11. The number of aliphatic imine (C=N–C) groups is 2. The molecule has 2 N–H and O–H groups in total. The van der Waals surface area contributed by atoms with E-state index in [2.05, 4.69) is 15.0 Å². The largest absolute Gasteiger partial charge is 0.404 e.